The first-order valence-electron chi connectivity index (χ1n) is 3.22. The van der Waals surface area contributed by atoms with Crippen LogP contribution in [0.1, 0.15) is 6.92 Å². The van der Waals surface area contributed by atoms with E-state index in [-0.39, 0.29) is 0 Å². The van der Waals surface area contributed by atoms with E-state index < -0.39 is 0 Å². The van der Waals surface area contributed by atoms with Gasteiger partial charge in [0.1, 0.15) is 6.79 Å². The number of hydrogen-bond acceptors (Lipinski definition) is 2. The molecule has 0 aromatic rings. The molecule has 2 heteroatoms. The lowest BCUT2D eigenvalue weighted by molar-refractivity contribution is -0.115. The van der Waals surface area contributed by atoms with E-state index in [1.165, 1.54) is 0 Å². The number of allylic oxidation sites excluding steroid dienone is 1. The van der Waals surface area contributed by atoms with Crippen molar-refractivity contribution in [3.05, 3.63) is 12.2 Å². The summed E-state index contributed by atoms with van der Waals surface area (Å²) in [6, 6.07) is 0. The first-order chi connectivity index (χ1) is 4.43. The molecule has 0 aromatic heterocycles. The Labute approximate surface area is 55.5 Å². The van der Waals surface area contributed by atoms with Gasteiger partial charge < -0.3 is 9.47 Å². The van der Waals surface area contributed by atoms with Crippen LogP contribution in [0.15, 0.2) is 12.2 Å². The Kier molecular flexibility index (Phi) is 2.74. The van der Waals surface area contributed by atoms with E-state index in [0.717, 1.165) is 13.2 Å². The second-order valence-corrected chi connectivity index (χ2v) is 2.15. The van der Waals surface area contributed by atoms with Gasteiger partial charge in [-0.2, -0.15) is 0 Å². The molecule has 1 heterocycles. The molecule has 1 aliphatic heterocycles. The van der Waals surface area contributed by atoms with E-state index in [1.807, 2.05) is 13.0 Å². The Morgan fingerprint density at radius 1 is 1.33 bits per heavy atom. The van der Waals surface area contributed by atoms with E-state index in [2.05, 4.69) is 6.08 Å². The largest absolute Gasteiger partial charge is 0.355 e. The van der Waals surface area contributed by atoms with Gasteiger partial charge in [0.15, 0.2) is 0 Å². The zero-order chi connectivity index (χ0) is 6.53. The molecule has 0 atom stereocenters. The molecule has 0 aliphatic carbocycles. The van der Waals surface area contributed by atoms with Crippen LogP contribution in [-0.4, -0.2) is 20.0 Å². The summed E-state index contributed by atoms with van der Waals surface area (Å²) < 4.78 is 10.1. The number of ether oxygens (including phenoxy) is 2. The van der Waals surface area contributed by atoms with Gasteiger partial charge in [-0.25, -0.2) is 0 Å². The minimum absolute atomic E-state index is 0.466. The van der Waals surface area contributed by atoms with Crippen molar-refractivity contribution >= 4 is 0 Å². The van der Waals surface area contributed by atoms with Crippen LogP contribution >= 0.6 is 0 Å². The third-order valence-corrected chi connectivity index (χ3v) is 1.30. The summed E-state index contributed by atoms with van der Waals surface area (Å²) in [5.74, 6) is 0.476. The lowest BCUT2D eigenvalue weighted by Crippen LogP contribution is -2.22. The molecule has 0 radical (unpaired) electrons. The Hall–Kier alpha value is -0.340. The molecule has 9 heavy (non-hydrogen) atoms. The normalized spacial score (nSPS) is 23.2. The summed E-state index contributed by atoms with van der Waals surface area (Å²) in [7, 11) is 0. The topological polar surface area (TPSA) is 18.5 Å². The van der Waals surface area contributed by atoms with E-state index in [1.54, 1.807) is 0 Å². The molecule has 0 saturated carbocycles. The molecule has 0 spiro atoms. The highest BCUT2D eigenvalue weighted by Crippen LogP contribution is 2.05. The molecule has 0 bridgehead atoms. The smallest absolute Gasteiger partial charge is 0.146 e. The van der Waals surface area contributed by atoms with Gasteiger partial charge in [-0.3, -0.25) is 0 Å². The van der Waals surface area contributed by atoms with Crippen molar-refractivity contribution in [2.75, 3.05) is 20.0 Å². The van der Waals surface area contributed by atoms with Crippen LogP contribution in [0.2, 0.25) is 0 Å². The SMILES string of the molecule is CC=CC1COCOC1. The van der Waals surface area contributed by atoms with Gasteiger partial charge in [-0.15, -0.1) is 0 Å². The zero-order valence-corrected chi connectivity index (χ0v) is 5.67. The fraction of sp³-hybridized carbons (Fsp3) is 0.714. The highest BCUT2D eigenvalue weighted by atomic mass is 16.7. The van der Waals surface area contributed by atoms with Gasteiger partial charge >= 0.3 is 0 Å². The monoisotopic (exact) mass is 128 g/mol. The van der Waals surface area contributed by atoms with Crippen LogP contribution in [0.4, 0.5) is 0 Å². The molecule has 0 unspecified atom stereocenters. The molecular formula is C7H12O2. The van der Waals surface area contributed by atoms with Crippen molar-refractivity contribution < 1.29 is 9.47 Å². The number of rotatable bonds is 1. The number of hydrogen-bond donors (Lipinski definition) is 0. The third kappa shape index (κ3) is 2.16. The van der Waals surface area contributed by atoms with Crippen molar-refractivity contribution in [3.63, 3.8) is 0 Å². The molecule has 0 amide bonds. The van der Waals surface area contributed by atoms with Crippen molar-refractivity contribution in [2.24, 2.45) is 5.92 Å². The maximum Gasteiger partial charge on any atom is 0.146 e. The highest BCUT2D eigenvalue weighted by Gasteiger charge is 2.09. The summed E-state index contributed by atoms with van der Waals surface area (Å²) in [4.78, 5) is 0. The Morgan fingerprint density at radius 2 is 2.00 bits per heavy atom. The van der Waals surface area contributed by atoms with Gasteiger partial charge in [-0.05, 0) is 6.92 Å². The lowest BCUT2D eigenvalue weighted by atomic mass is 10.1. The van der Waals surface area contributed by atoms with Gasteiger partial charge in [0.05, 0.1) is 13.2 Å². The van der Waals surface area contributed by atoms with Crippen LogP contribution < -0.4 is 0 Å². The fourth-order valence-electron chi connectivity index (χ4n) is 0.889. The molecule has 1 rings (SSSR count). The molecule has 1 fully saturated rings. The van der Waals surface area contributed by atoms with Crippen molar-refractivity contribution in [1.82, 2.24) is 0 Å². The summed E-state index contributed by atoms with van der Waals surface area (Å²) in [5.41, 5.74) is 0. The summed E-state index contributed by atoms with van der Waals surface area (Å²) >= 11 is 0. The van der Waals surface area contributed by atoms with Gasteiger partial charge in [-0.1, -0.05) is 12.2 Å². The first kappa shape index (κ1) is 6.78. The van der Waals surface area contributed by atoms with Gasteiger partial charge in [0.2, 0.25) is 0 Å². The molecule has 1 aliphatic rings. The van der Waals surface area contributed by atoms with Gasteiger partial charge in [0.25, 0.3) is 0 Å². The lowest BCUT2D eigenvalue weighted by Gasteiger charge is -2.18. The van der Waals surface area contributed by atoms with Crippen LogP contribution in [0.25, 0.3) is 0 Å². The molecular weight excluding hydrogens is 116 g/mol. The third-order valence-electron chi connectivity index (χ3n) is 1.30. The highest BCUT2D eigenvalue weighted by molar-refractivity contribution is 4.85. The van der Waals surface area contributed by atoms with Crippen LogP contribution in [0.5, 0.6) is 0 Å². The molecule has 1 saturated heterocycles. The van der Waals surface area contributed by atoms with Crippen LogP contribution in [-0.2, 0) is 9.47 Å². The average molecular weight is 128 g/mol. The molecule has 52 valence electrons. The Morgan fingerprint density at radius 3 is 2.56 bits per heavy atom. The van der Waals surface area contributed by atoms with E-state index >= 15 is 0 Å². The van der Waals surface area contributed by atoms with Gasteiger partial charge in [0, 0.05) is 5.92 Å². The van der Waals surface area contributed by atoms with Crippen LogP contribution in [0, 0.1) is 5.92 Å². The van der Waals surface area contributed by atoms with E-state index in [4.69, 9.17) is 9.47 Å². The maximum absolute atomic E-state index is 5.06. The zero-order valence-electron chi connectivity index (χ0n) is 5.67. The first-order valence-corrected chi connectivity index (χ1v) is 3.22. The molecule has 0 aromatic carbocycles. The summed E-state index contributed by atoms with van der Waals surface area (Å²) in [6.45, 7) is 4.09. The molecule has 2 nitrogen and oxygen atoms in total. The predicted molar refractivity (Wildman–Crippen MR) is 35.1 cm³/mol. The van der Waals surface area contributed by atoms with E-state index in [0.29, 0.717) is 12.7 Å². The standard InChI is InChI=1S/C7H12O2/c1-2-3-7-4-8-6-9-5-7/h2-3,7H,4-6H2,1H3. The quantitative estimate of drug-likeness (QED) is 0.494. The Bertz CT molecular complexity index is 93.1. The fourth-order valence-corrected chi connectivity index (χ4v) is 0.889. The predicted octanol–water partition coefficient (Wildman–Crippen LogP) is 1.18. The molecule has 0 N–H and O–H groups in total. The second kappa shape index (κ2) is 3.64. The maximum atomic E-state index is 5.06. The summed E-state index contributed by atoms with van der Waals surface area (Å²) in [5, 5.41) is 0. The van der Waals surface area contributed by atoms with Crippen molar-refractivity contribution in [1.29, 1.82) is 0 Å². The van der Waals surface area contributed by atoms with Crippen LogP contribution in [0.3, 0.4) is 0 Å². The van der Waals surface area contributed by atoms with E-state index in [9.17, 15) is 0 Å². The minimum Gasteiger partial charge on any atom is -0.355 e. The summed E-state index contributed by atoms with van der Waals surface area (Å²) in [6.07, 6.45) is 4.14. The second-order valence-electron chi connectivity index (χ2n) is 2.15. The van der Waals surface area contributed by atoms with Crippen molar-refractivity contribution in [3.8, 4) is 0 Å². The minimum atomic E-state index is 0.466. The van der Waals surface area contributed by atoms with Crippen molar-refractivity contribution in [2.45, 2.75) is 6.92 Å². The average Bonchev–Trinajstić information content (AvgIpc) is 1.91. The Balaban J connectivity index is 2.23.